The third-order valence-electron chi connectivity index (χ3n) is 5.75. The van der Waals surface area contributed by atoms with E-state index in [1.807, 2.05) is 30.3 Å². The lowest BCUT2D eigenvalue weighted by molar-refractivity contribution is -0.118. The lowest BCUT2D eigenvalue weighted by Gasteiger charge is -2.16. The van der Waals surface area contributed by atoms with Gasteiger partial charge in [-0.3, -0.25) is 19.3 Å². The Balaban J connectivity index is 1.39. The summed E-state index contributed by atoms with van der Waals surface area (Å²) in [5.74, 6) is -0.380. The molecular weight excluding hydrogens is 498 g/mol. The van der Waals surface area contributed by atoms with E-state index in [1.54, 1.807) is 48.5 Å². The normalized spacial score (nSPS) is 14.4. The fraction of sp³-hybridized carbons (Fsp3) is 0.0385. The summed E-state index contributed by atoms with van der Waals surface area (Å²) in [5, 5.41) is 7.61. The number of hydrogen-bond donors (Lipinski definition) is 1. The number of nitrogens with zero attached hydrogens (tertiary/aromatic N) is 4. The maximum atomic E-state index is 13.5. The number of nitrogens with one attached hydrogen (secondary N) is 1. The molecule has 8 nitrogen and oxygen atoms in total. The summed E-state index contributed by atoms with van der Waals surface area (Å²) in [6.07, 6.45) is 0. The van der Waals surface area contributed by atoms with Crippen LogP contribution in [0.1, 0.15) is 5.56 Å². The van der Waals surface area contributed by atoms with Gasteiger partial charge < -0.3 is 5.32 Å². The van der Waals surface area contributed by atoms with Crippen LogP contribution in [0.15, 0.2) is 83.7 Å². The molecule has 1 aliphatic rings. The molecule has 10 heteroatoms. The van der Waals surface area contributed by atoms with Gasteiger partial charge in [-0.15, -0.1) is 5.10 Å². The van der Waals surface area contributed by atoms with Gasteiger partial charge in [-0.2, -0.15) is 9.50 Å². The van der Waals surface area contributed by atoms with E-state index in [2.05, 4.69) is 15.4 Å². The molecule has 2 amide bonds. The Hall–Kier alpha value is -4.34. The van der Waals surface area contributed by atoms with Crippen LogP contribution in [0.5, 0.6) is 0 Å². The van der Waals surface area contributed by atoms with Gasteiger partial charge in [0, 0.05) is 21.8 Å². The molecule has 0 saturated heterocycles. The lowest BCUT2D eigenvalue weighted by atomic mass is 10.1. The summed E-state index contributed by atoms with van der Waals surface area (Å²) >= 11 is 7.11. The Kier molecular flexibility index (Phi) is 5.36. The number of benzene rings is 3. The Morgan fingerprint density at radius 3 is 2.53 bits per heavy atom. The highest BCUT2D eigenvalue weighted by molar-refractivity contribution is 7.15. The first-order valence-electron chi connectivity index (χ1n) is 11.0. The Bertz CT molecular complexity index is 1780. The maximum Gasteiger partial charge on any atom is 0.291 e. The molecule has 176 valence electrons. The monoisotopic (exact) mass is 513 g/mol. The van der Waals surface area contributed by atoms with Crippen LogP contribution in [0.4, 0.5) is 11.4 Å². The number of para-hydroxylation sites is 1. The minimum absolute atomic E-state index is 0.223. The molecule has 0 radical (unpaired) electrons. The average molecular weight is 514 g/mol. The summed E-state index contributed by atoms with van der Waals surface area (Å²) in [5.41, 5.74) is 2.28. The number of hydrogen-bond acceptors (Lipinski definition) is 6. The van der Waals surface area contributed by atoms with E-state index < -0.39 is 11.5 Å². The minimum atomic E-state index is -0.428. The molecule has 1 N–H and O–H groups in total. The van der Waals surface area contributed by atoms with Crippen LogP contribution >= 0.6 is 22.9 Å². The third kappa shape index (κ3) is 3.74. The summed E-state index contributed by atoms with van der Waals surface area (Å²) in [6.45, 7) is -0.223. The van der Waals surface area contributed by atoms with E-state index >= 15 is 0 Å². The van der Waals surface area contributed by atoms with Crippen molar-refractivity contribution < 1.29 is 9.59 Å². The van der Waals surface area contributed by atoms with Crippen molar-refractivity contribution in [3.63, 3.8) is 0 Å². The first-order valence-corrected chi connectivity index (χ1v) is 12.1. The molecule has 6 rings (SSSR count). The number of halogens is 1. The molecule has 0 spiro atoms. The van der Waals surface area contributed by atoms with Crippen molar-refractivity contribution in [2.24, 2.45) is 0 Å². The Morgan fingerprint density at radius 1 is 0.972 bits per heavy atom. The van der Waals surface area contributed by atoms with Crippen molar-refractivity contribution in [2.75, 3.05) is 16.8 Å². The van der Waals surface area contributed by atoms with Crippen molar-refractivity contribution in [3.8, 4) is 11.4 Å². The van der Waals surface area contributed by atoms with Gasteiger partial charge in [0.2, 0.25) is 10.9 Å². The molecule has 0 atom stereocenters. The molecule has 0 fully saturated rings. The van der Waals surface area contributed by atoms with Gasteiger partial charge in [-0.1, -0.05) is 77.5 Å². The third-order valence-corrected chi connectivity index (χ3v) is 7.01. The highest BCUT2D eigenvalue weighted by Crippen LogP contribution is 2.35. The van der Waals surface area contributed by atoms with Crippen LogP contribution in [0.2, 0.25) is 5.02 Å². The molecule has 3 heterocycles. The van der Waals surface area contributed by atoms with Crippen molar-refractivity contribution in [2.45, 2.75) is 0 Å². The van der Waals surface area contributed by atoms with Crippen molar-refractivity contribution in [3.05, 3.63) is 104 Å². The topological polar surface area (TPSA) is 96.7 Å². The maximum absolute atomic E-state index is 13.5. The molecule has 5 aromatic rings. The van der Waals surface area contributed by atoms with Gasteiger partial charge in [-0.05, 0) is 24.3 Å². The fourth-order valence-electron chi connectivity index (χ4n) is 4.16. The van der Waals surface area contributed by atoms with Crippen molar-refractivity contribution >= 4 is 56.7 Å². The van der Waals surface area contributed by atoms with Crippen LogP contribution in [0, 0.1) is 0 Å². The number of anilines is 2. The van der Waals surface area contributed by atoms with Crippen LogP contribution in [0.25, 0.3) is 21.9 Å². The molecule has 36 heavy (non-hydrogen) atoms. The van der Waals surface area contributed by atoms with Gasteiger partial charge in [-0.25, -0.2) is 0 Å². The molecule has 0 unspecified atom stereocenters. The predicted octanol–water partition coefficient (Wildman–Crippen LogP) is 3.37. The molecule has 3 aromatic carbocycles. The second-order valence-electron chi connectivity index (χ2n) is 8.07. The summed E-state index contributed by atoms with van der Waals surface area (Å²) < 4.78 is 1.46. The lowest BCUT2D eigenvalue weighted by Crippen LogP contribution is -2.37. The zero-order valence-corrected chi connectivity index (χ0v) is 20.1. The SMILES string of the molecule is O=C(CN1C(=O)C(=c2sc3nc(-c4ccccc4)nn3c2=O)c2ccccc21)Nc1cccc(Cl)c1. The zero-order valence-electron chi connectivity index (χ0n) is 18.5. The number of fused-ring (bicyclic) bond motifs is 2. The average Bonchev–Trinajstić information content (AvgIpc) is 3.51. The van der Waals surface area contributed by atoms with Gasteiger partial charge >= 0.3 is 0 Å². The second-order valence-corrected chi connectivity index (χ2v) is 9.49. The van der Waals surface area contributed by atoms with E-state index in [1.165, 1.54) is 9.42 Å². The summed E-state index contributed by atoms with van der Waals surface area (Å²) in [6, 6.07) is 23.2. The zero-order chi connectivity index (χ0) is 24.8. The van der Waals surface area contributed by atoms with Crippen molar-refractivity contribution in [1.82, 2.24) is 14.6 Å². The number of carbonyl (C=O) groups excluding carboxylic acids is 2. The van der Waals surface area contributed by atoms with Gasteiger partial charge in [0.15, 0.2) is 5.82 Å². The van der Waals surface area contributed by atoms with Crippen molar-refractivity contribution in [1.29, 1.82) is 0 Å². The van der Waals surface area contributed by atoms with E-state index in [9.17, 15) is 14.4 Å². The minimum Gasteiger partial charge on any atom is -0.324 e. The second kappa shape index (κ2) is 8.71. The molecule has 0 aliphatic carbocycles. The smallest absolute Gasteiger partial charge is 0.291 e. The Morgan fingerprint density at radius 2 is 1.75 bits per heavy atom. The first kappa shape index (κ1) is 22.1. The van der Waals surface area contributed by atoms with Crippen LogP contribution in [0.3, 0.4) is 0 Å². The van der Waals surface area contributed by atoms with Gasteiger partial charge in [0.25, 0.3) is 11.5 Å². The molecule has 0 saturated carbocycles. The number of thiazole rings is 1. The standard InChI is InChI=1S/C26H16ClN5O3S/c27-16-9-6-10-17(13-16)28-20(33)14-31-19-12-5-4-11-18(19)21(24(31)34)22-25(35)32-26(36-22)29-23(30-32)15-7-2-1-3-8-15/h1-13H,14H2,(H,28,33). The molecule has 2 aromatic heterocycles. The molecule has 1 aliphatic heterocycles. The van der Waals surface area contributed by atoms with Crippen LogP contribution in [-0.2, 0) is 9.59 Å². The molecule has 0 bridgehead atoms. The van der Waals surface area contributed by atoms with E-state index in [4.69, 9.17) is 11.6 Å². The highest BCUT2D eigenvalue weighted by atomic mass is 35.5. The summed E-state index contributed by atoms with van der Waals surface area (Å²) in [4.78, 5) is 45.9. The quantitative estimate of drug-likeness (QED) is 0.397. The van der Waals surface area contributed by atoms with Gasteiger partial charge in [0.05, 0.1) is 11.3 Å². The van der Waals surface area contributed by atoms with E-state index in [0.29, 0.717) is 32.7 Å². The van der Waals surface area contributed by atoms with E-state index in [-0.39, 0.29) is 22.6 Å². The van der Waals surface area contributed by atoms with E-state index in [0.717, 1.165) is 16.9 Å². The highest BCUT2D eigenvalue weighted by Gasteiger charge is 2.35. The van der Waals surface area contributed by atoms with Crippen LogP contribution in [-0.4, -0.2) is 33.0 Å². The first-order chi connectivity index (χ1) is 17.5. The largest absolute Gasteiger partial charge is 0.324 e. The van der Waals surface area contributed by atoms with Gasteiger partial charge in [0.1, 0.15) is 11.1 Å². The fourth-order valence-corrected chi connectivity index (χ4v) is 5.35. The molecular formula is C26H16ClN5O3S. The predicted molar refractivity (Wildman–Crippen MR) is 139 cm³/mol. The summed E-state index contributed by atoms with van der Waals surface area (Å²) in [7, 11) is 0. The Labute approximate surface area is 213 Å². The number of rotatable bonds is 4. The number of carbonyl (C=O) groups is 2. The number of aromatic nitrogens is 3. The number of amides is 2. The van der Waals surface area contributed by atoms with Crippen LogP contribution < -0.4 is 20.3 Å².